The average Bonchev–Trinajstić information content (AvgIpc) is 2.55. The molecule has 0 amide bonds. The first kappa shape index (κ1) is 16.9. The molecule has 0 aliphatic rings. The minimum Gasteiger partial charge on any atom is -0.496 e. The summed E-state index contributed by atoms with van der Waals surface area (Å²) in [6, 6.07) is 15.9. The van der Waals surface area contributed by atoms with Gasteiger partial charge in [-0.3, -0.25) is 0 Å². The molecule has 0 heterocycles. The summed E-state index contributed by atoms with van der Waals surface area (Å²) in [7, 11) is 1.68. The predicted molar refractivity (Wildman–Crippen MR) is 92.5 cm³/mol. The Hall–Kier alpha value is -1.49. The number of ether oxygens (including phenoxy) is 1. The fourth-order valence-corrected chi connectivity index (χ4v) is 2.96. The maximum atomic E-state index is 10.6. The van der Waals surface area contributed by atoms with Crippen molar-refractivity contribution in [2.24, 2.45) is 0 Å². The number of methoxy groups -OCH3 is 1. The summed E-state index contributed by atoms with van der Waals surface area (Å²) in [6.07, 6.45) is 2.04. The maximum Gasteiger partial charge on any atom is 0.132 e. The number of nitrogens with one attached hydrogen (secondary N) is 1. The highest BCUT2D eigenvalue weighted by atomic mass is 32.2. The van der Waals surface area contributed by atoms with Crippen LogP contribution in [-0.4, -0.2) is 25.0 Å². The number of hydrogen-bond donors (Lipinski definition) is 2. The topological polar surface area (TPSA) is 41.5 Å². The van der Waals surface area contributed by atoms with E-state index in [0.29, 0.717) is 13.1 Å². The normalized spacial score (nSPS) is 13.6. The third kappa shape index (κ3) is 4.26. The van der Waals surface area contributed by atoms with E-state index in [2.05, 4.69) is 11.4 Å². The quantitative estimate of drug-likeness (QED) is 0.768. The van der Waals surface area contributed by atoms with Gasteiger partial charge in [0.2, 0.25) is 0 Å². The molecule has 0 radical (unpaired) electrons. The Bertz CT molecular complexity index is 599. The summed E-state index contributed by atoms with van der Waals surface area (Å²) in [5, 5.41) is 13.9. The number of aliphatic hydroxyl groups is 1. The van der Waals surface area contributed by atoms with Crippen LogP contribution in [0.25, 0.3) is 0 Å². The number of rotatable bonds is 7. The SMILES string of the molecule is COc1ccc(CNCC(C)(O)c2ccccc2)cc1SC. The molecule has 2 rings (SSSR count). The first-order valence-corrected chi connectivity index (χ1v) is 8.49. The molecule has 2 N–H and O–H groups in total. The zero-order valence-electron chi connectivity index (χ0n) is 13.3. The molecule has 0 saturated carbocycles. The summed E-state index contributed by atoms with van der Waals surface area (Å²) in [5.74, 6) is 0.896. The Balaban J connectivity index is 1.96. The average molecular weight is 317 g/mol. The van der Waals surface area contributed by atoms with E-state index in [4.69, 9.17) is 4.74 Å². The molecule has 0 aromatic heterocycles. The molecule has 0 aliphatic heterocycles. The monoisotopic (exact) mass is 317 g/mol. The summed E-state index contributed by atoms with van der Waals surface area (Å²) in [5.41, 5.74) is 1.21. The van der Waals surface area contributed by atoms with Crippen molar-refractivity contribution < 1.29 is 9.84 Å². The molecular weight excluding hydrogens is 294 g/mol. The molecule has 2 aromatic carbocycles. The predicted octanol–water partition coefficient (Wildman–Crippen LogP) is 3.41. The molecule has 2 aromatic rings. The molecule has 1 unspecified atom stereocenters. The van der Waals surface area contributed by atoms with Crippen molar-refractivity contribution >= 4 is 11.8 Å². The van der Waals surface area contributed by atoms with Gasteiger partial charge < -0.3 is 15.2 Å². The van der Waals surface area contributed by atoms with Crippen LogP contribution in [0.4, 0.5) is 0 Å². The largest absolute Gasteiger partial charge is 0.496 e. The first-order valence-electron chi connectivity index (χ1n) is 7.26. The third-order valence-electron chi connectivity index (χ3n) is 3.64. The van der Waals surface area contributed by atoms with E-state index in [9.17, 15) is 5.11 Å². The van der Waals surface area contributed by atoms with Gasteiger partial charge in [-0.1, -0.05) is 36.4 Å². The van der Waals surface area contributed by atoms with Crippen LogP contribution >= 0.6 is 11.8 Å². The van der Waals surface area contributed by atoms with Gasteiger partial charge in [-0.15, -0.1) is 11.8 Å². The molecule has 0 aliphatic carbocycles. The second kappa shape index (κ2) is 7.68. The smallest absolute Gasteiger partial charge is 0.132 e. The van der Waals surface area contributed by atoms with Crippen molar-refractivity contribution in [3.05, 3.63) is 59.7 Å². The number of benzene rings is 2. The Labute approximate surface area is 136 Å². The van der Waals surface area contributed by atoms with Crippen molar-refractivity contribution in [2.75, 3.05) is 19.9 Å². The van der Waals surface area contributed by atoms with Crippen LogP contribution in [0.2, 0.25) is 0 Å². The molecule has 0 spiro atoms. The van der Waals surface area contributed by atoms with E-state index in [0.717, 1.165) is 16.2 Å². The third-order valence-corrected chi connectivity index (χ3v) is 4.40. The summed E-state index contributed by atoms with van der Waals surface area (Å²) < 4.78 is 5.33. The molecule has 3 nitrogen and oxygen atoms in total. The van der Waals surface area contributed by atoms with Crippen molar-refractivity contribution in [1.82, 2.24) is 5.32 Å². The zero-order valence-corrected chi connectivity index (χ0v) is 14.1. The minimum absolute atomic E-state index is 0.498. The second-order valence-corrected chi connectivity index (χ2v) is 6.28. The van der Waals surface area contributed by atoms with Gasteiger partial charge in [0.15, 0.2) is 0 Å². The van der Waals surface area contributed by atoms with Crippen molar-refractivity contribution in [3.63, 3.8) is 0 Å². The molecular formula is C18H23NO2S. The highest BCUT2D eigenvalue weighted by molar-refractivity contribution is 7.98. The van der Waals surface area contributed by atoms with Gasteiger partial charge in [-0.2, -0.15) is 0 Å². The summed E-state index contributed by atoms with van der Waals surface area (Å²) in [4.78, 5) is 1.12. The first-order chi connectivity index (χ1) is 10.6. The summed E-state index contributed by atoms with van der Waals surface area (Å²) in [6.45, 7) is 3.04. The van der Waals surface area contributed by atoms with E-state index < -0.39 is 5.60 Å². The lowest BCUT2D eigenvalue weighted by Gasteiger charge is -2.24. The van der Waals surface area contributed by atoms with Crippen molar-refractivity contribution in [3.8, 4) is 5.75 Å². The molecule has 1 atom stereocenters. The van der Waals surface area contributed by atoms with Gasteiger partial charge >= 0.3 is 0 Å². The van der Waals surface area contributed by atoms with Gasteiger partial charge in [0.25, 0.3) is 0 Å². The molecule has 4 heteroatoms. The Morgan fingerprint density at radius 3 is 2.55 bits per heavy atom. The Kier molecular flexibility index (Phi) is 5.89. The van der Waals surface area contributed by atoms with E-state index in [1.54, 1.807) is 18.9 Å². The molecule has 22 heavy (non-hydrogen) atoms. The molecule has 0 saturated heterocycles. The fourth-order valence-electron chi connectivity index (χ4n) is 2.34. The van der Waals surface area contributed by atoms with Crippen molar-refractivity contribution in [1.29, 1.82) is 0 Å². The second-order valence-electron chi connectivity index (χ2n) is 5.43. The standard InChI is InChI=1S/C18H23NO2S/c1-18(20,15-7-5-4-6-8-15)13-19-12-14-9-10-16(21-2)17(11-14)22-3/h4-11,19-20H,12-13H2,1-3H3. The van der Waals surface area contributed by atoms with Gasteiger partial charge in [0.1, 0.15) is 5.75 Å². The zero-order chi connectivity index (χ0) is 16.0. The Morgan fingerprint density at radius 1 is 1.18 bits per heavy atom. The van der Waals surface area contributed by atoms with Gasteiger partial charge in [0, 0.05) is 18.0 Å². The molecule has 0 fully saturated rings. The van der Waals surface area contributed by atoms with E-state index in [-0.39, 0.29) is 0 Å². The number of hydrogen-bond acceptors (Lipinski definition) is 4. The fraction of sp³-hybridized carbons (Fsp3) is 0.333. The van der Waals surface area contributed by atoms with E-state index >= 15 is 0 Å². The van der Waals surface area contributed by atoms with Crippen LogP contribution in [0.5, 0.6) is 5.75 Å². The molecule has 0 bridgehead atoms. The van der Waals surface area contributed by atoms with Gasteiger partial charge in [-0.25, -0.2) is 0 Å². The Morgan fingerprint density at radius 2 is 1.91 bits per heavy atom. The van der Waals surface area contributed by atoms with E-state index in [1.807, 2.05) is 55.6 Å². The highest BCUT2D eigenvalue weighted by Gasteiger charge is 2.21. The molecule has 118 valence electrons. The van der Waals surface area contributed by atoms with Crippen LogP contribution < -0.4 is 10.1 Å². The van der Waals surface area contributed by atoms with Crippen LogP contribution in [0, 0.1) is 0 Å². The van der Waals surface area contributed by atoms with Gasteiger partial charge in [0.05, 0.1) is 12.7 Å². The number of thioether (sulfide) groups is 1. The van der Waals surface area contributed by atoms with Crippen molar-refractivity contribution in [2.45, 2.75) is 24.0 Å². The lowest BCUT2D eigenvalue weighted by Crippen LogP contribution is -2.35. The van der Waals surface area contributed by atoms with Gasteiger partial charge in [-0.05, 0) is 36.4 Å². The lowest BCUT2D eigenvalue weighted by atomic mass is 9.96. The minimum atomic E-state index is -0.879. The van der Waals surface area contributed by atoms with Crippen LogP contribution in [0.1, 0.15) is 18.1 Å². The highest BCUT2D eigenvalue weighted by Crippen LogP contribution is 2.28. The summed E-state index contributed by atoms with van der Waals surface area (Å²) >= 11 is 1.67. The van der Waals surface area contributed by atoms with Crippen LogP contribution in [0.3, 0.4) is 0 Å². The van der Waals surface area contributed by atoms with E-state index in [1.165, 1.54) is 5.56 Å². The maximum absolute atomic E-state index is 10.6. The van der Waals surface area contributed by atoms with Crippen LogP contribution in [0.15, 0.2) is 53.4 Å². The lowest BCUT2D eigenvalue weighted by molar-refractivity contribution is 0.0566. The van der Waals surface area contributed by atoms with Crippen LogP contribution in [-0.2, 0) is 12.1 Å².